The maximum Gasteiger partial charge on any atom is 0.322 e. The number of hydrogen-bond donors (Lipinski definition) is 2. The summed E-state index contributed by atoms with van der Waals surface area (Å²) >= 11 is 6.67. The second-order valence-corrected chi connectivity index (χ2v) is 11.3. The minimum atomic E-state index is -0.858. The molecule has 172 valence electrons. The summed E-state index contributed by atoms with van der Waals surface area (Å²) in [6, 6.07) is 5.87. The molecule has 31 heavy (non-hydrogen) atoms. The van der Waals surface area contributed by atoms with Crippen molar-refractivity contribution in [2.75, 3.05) is 6.54 Å². The van der Waals surface area contributed by atoms with E-state index in [1.807, 2.05) is 19.2 Å². The number of aryl methyl sites for hydroxylation is 1. The van der Waals surface area contributed by atoms with E-state index >= 15 is 0 Å². The van der Waals surface area contributed by atoms with Gasteiger partial charge in [-0.05, 0) is 59.8 Å². The molecule has 0 radical (unpaired) electrons. The van der Waals surface area contributed by atoms with Gasteiger partial charge >= 0.3 is 12.0 Å². The van der Waals surface area contributed by atoms with E-state index < -0.39 is 11.5 Å². The average molecular weight is 449 g/mol. The SMILES string of the molecule is CC(C)(C)CCc1ccc(C2(C)NC(=O)N(CCCC(=O)O)C=C2C(C)(C)C)cc1Cl. The molecule has 0 aromatic heterocycles. The van der Waals surface area contributed by atoms with Crippen molar-refractivity contribution in [3.8, 4) is 0 Å². The highest BCUT2D eigenvalue weighted by Crippen LogP contribution is 2.43. The van der Waals surface area contributed by atoms with Crippen molar-refractivity contribution in [1.82, 2.24) is 10.2 Å². The number of rotatable bonds is 7. The number of urea groups is 1. The van der Waals surface area contributed by atoms with Crippen LogP contribution in [0.3, 0.4) is 0 Å². The molecule has 1 unspecified atom stereocenters. The third kappa shape index (κ3) is 6.49. The molecule has 1 atom stereocenters. The van der Waals surface area contributed by atoms with Gasteiger partial charge in [-0.25, -0.2) is 4.79 Å². The first-order valence-electron chi connectivity index (χ1n) is 11.0. The van der Waals surface area contributed by atoms with Crippen LogP contribution in [0, 0.1) is 10.8 Å². The molecule has 0 saturated heterocycles. The molecule has 1 aromatic rings. The van der Waals surface area contributed by atoms with E-state index in [0.717, 1.165) is 34.6 Å². The molecule has 2 rings (SSSR count). The number of carboxylic acids is 1. The Kier molecular flexibility index (Phi) is 7.52. The first-order valence-corrected chi connectivity index (χ1v) is 11.3. The second-order valence-electron chi connectivity index (χ2n) is 10.9. The summed E-state index contributed by atoms with van der Waals surface area (Å²) in [6.45, 7) is 15.4. The third-order valence-corrected chi connectivity index (χ3v) is 6.17. The van der Waals surface area contributed by atoms with Crippen LogP contribution < -0.4 is 5.32 Å². The lowest BCUT2D eigenvalue weighted by atomic mass is 9.71. The van der Waals surface area contributed by atoms with Gasteiger partial charge in [0.05, 0.1) is 5.54 Å². The Bertz CT molecular complexity index is 864. The van der Waals surface area contributed by atoms with E-state index in [-0.39, 0.29) is 23.3 Å². The zero-order valence-electron chi connectivity index (χ0n) is 19.9. The molecular weight excluding hydrogens is 412 g/mol. The highest BCUT2D eigenvalue weighted by atomic mass is 35.5. The van der Waals surface area contributed by atoms with Crippen LogP contribution in [0.25, 0.3) is 0 Å². The van der Waals surface area contributed by atoms with E-state index in [2.05, 4.69) is 59.0 Å². The first-order chi connectivity index (χ1) is 14.1. The van der Waals surface area contributed by atoms with Gasteiger partial charge in [0, 0.05) is 24.2 Å². The maximum absolute atomic E-state index is 12.9. The molecule has 1 heterocycles. The third-order valence-electron chi connectivity index (χ3n) is 5.81. The minimum absolute atomic E-state index is 0.0331. The van der Waals surface area contributed by atoms with Crippen molar-refractivity contribution >= 4 is 23.6 Å². The van der Waals surface area contributed by atoms with Crippen LogP contribution in [0.1, 0.15) is 78.9 Å². The number of hydrogen-bond acceptors (Lipinski definition) is 2. The fourth-order valence-electron chi connectivity index (χ4n) is 4.01. The summed E-state index contributed by atoms with van der Waals surface area (Å²) < 4.78 is 0. The van der Waals surface area contributed by atoms with Crippen molar-refractivity contribution in [3.05, 3.63) is 46.1 Å². The van der Waals surface area contributed by atoms with Crippen molar-refractivity contribution in [3.63, 3.8) is 0 Å². The van der Waals surface area contributed by atoms with Crippen molar-refractivity contribution in [1.29, 1.82) is 0 Å². The Morgan fingerprint density at radius 2 is 1.84 bits per heavy atom. The lowest BCUT2D eigenvalue weighted by Crippen LogP contribution is -2.56. The van der Waals surface area contributed by atoms with E-state index in [4.69, 9.17) is 16.7 Å². The van der Waals surface area contributed by atoms with E-state index in [9.17, 15) is 9.59 Å². The lowest BCUT2D eigenvalue weighted by molar-refractivity contribution is -0.137. The monoisotopic (exact) mass is 448 g/mol. The van der Waals surface area contributed by atoms with Gasteiger partial charge in [0.2, 0.25) is 0 Å². The Labute approximate surface area is 191 Å². The van der Waals surface area contributed by atoms with E-state index in [1.54, 1.807) is 4.90 Å². The molecule has 1 aliphatic heterocycles. The normalized spacial score (nSPS) is 19.8. The molecule has 0 fully saturated rings. The number of aliphatic carboxylic acids is 1. The van der Waals surface area contributed by atoms with Gasteiger partial charge < -0.3 is 15.3 Å². The fraction of sp³-hybridized carbons (Fsp3) is 0.600. The molecule has 2 amide bonds. The largest absolute Gasteiger partial charge is 0.481 e. The number of carbonyl (C=O) groups excluding carboxylic acids is 1. The van der Waals surface area contributed by atoms with E-state index in [0.29, 0.717) is 13.0 Å². The molecule has 0 saturated carbocycles. The van der Waals surface area contributed by atoms with Crippen LogP contribution >= 0.6 is 11.6 Å². The molecule has 6 heteroatoms. The van der Waals surface area contributed by atoms with Gasteiger partial charge in [-0.3, -0.25) is 4.79 Å². The summed E-state index contributed by atoms with van der Waals surface area (Å²) in [5.74, 6) is -0.858. The Morgan fingerprint density at radius 1 is 1.19 bits per heavy atom. The molecule has 2 N–H and O–H groups in total. The summed E-state index contributed by atoms with van der Waals surface area (Å²) in [4.78, 5) is 25.3. The zero-order valence-corrected chi connectivity index (χ0v) is 20.7. The van der Waals surface area contributed by atoms with Crippen LogP contribution in [-0.2, 0) is 16.8 Å². The van der Waals surface area contributed by atoms with Crippen LogP contribution in [-0.4, -0.2) is 28.6 Å². The van der Waals surface area contributed by atoms with Gasteiger partial charge in [-0.15, -0.1) is 0 Å². The molecule has 0 spiro atoms. The molecule has 5 nitrogen and oxygen atoms in total. The maximum atomic E-state index is 12.9. The van der Waals surface area contributed by atoms with Gasteiger partial charge in [0.1, 0.15) is 0 Å². The number of halogens is 1. The second kappa shape index (κ2) is 9.23. The topological polar surface area (TPSA) is 69.6 Å². The molecule has 0 bridgehead atoms. The number of amides is 2. The molecule has 0 aliphatic carbocycles. The molecule has 1 aliphatic rings. The molecule has 1 aromatic carbocycles. The Hall–Kier alpha value is -2.01. The fourth-order valence-corrected chi connectivity index (χ4v) is 4.28. The Balaban J connectivity index is 2.38. The van der Waals surface area contributed by atoms with Crippen LogP contribution in [0.2, 0.25) is 5.02 Å². The number of nitrogens with zero attached hydrogens (tertiary/aromatic N) is 1. The summed E-state index contributed by atoms with van der Waals surface area (Å²) in [5, 5.41) is 12.8. The van der Waals surface area contributed by atoms with Gasteiger partial charge in [-0.2, -0.15) is 0 Å². The highest BCUT2D eigenvalue weighted by molar-refractivity contribution is 6.31. The average Bonchev–Trinajstić information content (AvgIpc) is 2.60. The summed E-state index contributed by atoms with van der Waals surface area (Å²) in [5.41, 5.74) is 2.42. The van der Waals surface area contributed by atoms with Gasteiger partial charge in [0.25, 0.3) is 0 Å². The standard InChI is InChI=1S/C25H37ClN2O3/c1-23(2,3)13-12-17-10-11-18(15-19(17)26)25(7)20(24(4,5)6)16-28(22(31)27-25)14-8-9-21(29)30/h10-11,15-16H,8-9,12-14H2,1-7H3,(H,27,31)(H,29,30). The smallest absolute Gasteiger partial charge is 0.322 e. The van der Waals surface area contributed by atoms with Crippen LogP contribution in [0.15, 0.2) is 30.0 Å². The van der Waals surface area contributed by atoms with Crippen molar-refractivity contribution in [2.45, 2.75) is 79.7 Å². The highest BCUT2D eigenvalue weighted by Gasteiger charge is 2.43. The van der Waals surface area contributed by atoms with Gasteiger partial charge in [-0.1, -0.05) is 65.3 Å². The van der Waals surface area contributed by atoms with Gasteiger partial charge in [0.15, 0.2) is 0 Å². The Morgan fingerprint density at radius 3 is 2.35 bits per heavy atom. The first kappa shape index (κ1) is 25.3. The number of carboxylic acid groups (broad SMARTS) is 1. The van der Waals surface area contributed by atoms with Crippen LogP contribution in [0.5, 0.6) is 0 Å². The van der Waals surface area contributed by atoms with Crippen molar-refractivity contribution in [2.24, 2.45) is 10.8 Å². The van der Waals surface area contributed by atoms with Crippen LogP contribution in [0.4, 0.5) is 4.79 Å². The summed E-state index contributed by atoms with van der Waals surface area (Å²) in [7, 11) is 0. The predicted octanol–water partition coefficient (Wildman–Crippen LogP) is 6.35. The predicted molar refractivity (Wildman–Crippen MR) is 126 cm³/mol. The number of benzene rings is 1. The number of carbonyl (C=O) groups is 2. The number of nitrogens with one attached hydrogen (secondary N) is 1. The quantitative estimate of drug-likeness (QED) is 0.510. The van der Waals surface area contributed by atoms with E-state index in [1.165, 1.54) is 0 Å². The molecular formula is C25H37ClN2O3. The summed E-state index contributed by atoms with van der Waals surface area (Å²) in [6.07, 6.45) is 4.28. The zero-order chi connectivity index (χ0) is 23.6. The minimum Gasteiger partial charge on any atom is -0.481 e. The van der Waals surface area contributed by atoms with Crippen molar-refractivity contribution < 1.29 is 14.7 Å². The lowest BCUT2D eigenvalue weighted by Gasteiger charge is -2.45.